The minimum absolute atomic E-state index is 0.368. The van der Waals surface area contributed by atoms with E-state index < -0.39 is 23.1 Å². The summed E-state index contributed by atoms with van der Waals surface area (Å²) in [6, 6.07) is 0. The van der Waals surface area contributed by atoms with Crippen molar-refractivity contribution in [1.82, 2.24) is 9.97 Å². The number of hydrogen-bond donors (Lipinski definition) is 1. The van der Waals surface area contributed by atoms with Gasteiger partial charge in [-0.2, -0.15) is 0 Å². The summed E-state index contributed by atoms with van der Waals surface area (Å²) in [5, 5.41) is 4.52. The lowest BCUT2D eigenvalue weighted by Crippen LogP contribution is -2.10. The highest BCUT2D eigenvalue weighted by molar-refractivity contribution is 7.82. The first-order valence-electron chi connectivity index (χ1n) is 2.88. The fraction of sp³-hybridized carbons (Fsp3) is 0.200. The van der Waals surface area contributed by atoms with Crippen molar-refractivity contribution in [2.24, 2.45) is 5.14 Å². The number of rotatable bonds is 2. The van der Waals surface area contributed by atoms with Gasteiger partial charge in [0.2, 0.25) is 0 Å². The summed E-state index contributed by atoms with van der Waals surface area (Å²) >= 11 is 0. The third-order valence-electron chi connectivity index (χ3n) is 1.09. The SMILES string of the molecule is NS(=O)c1nccnc1C(F)F. The topological polar surface area (TPSA) is 68.9 Å². The van der Waals surface area contributed by atoms with Crippen LogP contribution in [0.1, 0.15) is 12.1 Å². The normalized spacial score (nSPS) is 13.3. The predicted molar refractivity (Wildman–Crippen MR) is 37.6 cm³/mol. The van der Waals surface area contributed by atoms with Gasteiger partial charge >= 0.3 is 0 Å². The van der Waals surface area contributed by atoms with Gasteiger partial charge in [-0.3, -0.25) is 4.98 Å². The molecule has 0 saturated heterocycles. The molecule has 0 spiro atoms. The first kappa shape index (κ1) is 9.14. The van der Waals surface area contributed by atoms with Crippen molar-refractivity contribution in [3.63, 3.8) is 0 Å². The van der Waals surface area contributed by atoms with E-state index >= 15 is 0 Å². The van der Waals surface area contributed by atoms with Crippen molar-refractivity contribution in [2.45, 2.75) is 11.5 Å². The summed E-state index contributed by atoms with van der Waals surface area (Å²) in [6.07, 6.45) is -0.551. The van der Waals surface area contributed by atoms with Crippen LogP contribution in [0.3, 0.4) is 0 Å². The average molecular weight is 193 g/mol. The lowest BCUT2D eigenvalue weighted by Gasteiger charge is -2.01. The van der Waals surface area contributed by atoms with Gasteiger partial charge in [-0.1, -0.05) is 0 Å². The van der Waals surface area contributed by atoms with Crippen LogP contribution >= 0.6 is 0 Å². The van der Waals surface area contributed by atoms with Crippen molar-refractivity contribution in [1.29, 1.82) is 0 Å². The van der Waals surface area contributed by atoms with E-state index in [0.717, 1.165) is 12.4 Å². The standard InChI is InChI=1S/C5H5F2N3OS/c6-4(7)3-5(12(8)11)10-2-1-9-3/h1-2,4H,8H2. The second-order valence-electron chi connectivity index (χ2n) is 1.84. The van der Waals surface area contributed by atoms with Gasteiger partial charge in [0.15, 0.2) is 5.03 Å². The lowest BCUT2D eigenvalue weighted by molar-refractivity contribution is 0.141. The summed E-state index contributed by atoms with van der Waals surface area (Å²) in [7, 11) is -2.01. The van der Waals surface area contributed by atoms with E-state index in [1.807, 2.05) is 0 Å². The third kappa shape index (κ3) is 1.80. The molecule has 0 aromatic carbocycles. The molecule has 1 rings (SSSR count). The predicted octanol–water partition coefficient (Wildman–Crippen LogP) is 0.395. The third-order valence-corrected chi connectivity index (χ3v) is 1.78. The molecule has 66 valence electrons. The Morgan fingerprint density at radius 3 is 2.42 bits per heavy atom. The van der Waals surface area contributed by atoms with Gasteiger partial charge in [0.05, 0.1) is 0 Å². The van der Waals surface area contributed by atoms with Gasteiger partial charge in [0.25, 0.3) is 6.43 Å². The Labute approximate surface area is 69.4 Å². The molecule has 2 N–H and O–H groups in total. The van der Waals surface area contributed by atoms with Crippen LogP contribution in [0.4, 0.5) is 8.78 Å². The summed E-state index contributed by atoms with van der Waals surface area (Å²) < 4.78 is 34.8. The summed E-state index contributed by atoms with van der Waals surface area (Å²) in [6.45, 7) is 0. The maximum absolute atomic E-state index is 12.1. The molecule has 0 aliphatic heterocycles. The molecule has 0 aliphatic carbocycles. The first-order chi connectivity index (χ1) is 5.63. The van der Waals surface area contributed by atoms with Crippen molar-refractivity contribution >= 4 is 11.0 Å². The molecule has 0 fully saturated rings. The molecule has 7 heteroatoms. The highest BCUT2D eigenvalue weighted by atomic mass is 32.2. The highest BCUT2D eigenvalue weighted by Gasteiger charge is 2.17. The Morgan fingerprint density at radius 1 is 1.42 bits per heavy atom. The maximum atomic E-state index is 12.1. The number of nitrogens with zero attached hydrogens (tertiary/aromatic N) is 2. The largest absolute Gasteiger partial charge is 0.283 e. The molecule has 0 bridgehead atoms. The van der Waals surface area contributed by atoms with Gasteiger partial charge in [0.1, 0.15) is 16.7 Å². The van der Waals surface area contributed by atoms with Crippen molar-refractivity contribution < 1.29 is 13.0 Å². The molecule has 1 heterocycles. The van der Waals surface area contributed by atoms with Crippen LogP contribution in [0.2, 0.25) is 0 Å². The lowest BCUT2D eigenvalue weighted by atomic mass is 10.5. The fourth-order valence-electron chi connectivity index (χ4n) is 0.641. The Bertz CT molecular complexity index is 306. The Balaban J connectivity index is 3.17. The number of alkyl halides is 2. The Morgan fingerprint density at radius 2 is 2.00 bits per heavy atom. The smallest absolute Gasteiger partial charge is 0.251 e. The Hall–Kier alpha value is -0.950. The van der Waals surface area contributed by atoms with Gasteiger partial charge in [-0.15, -0.1) is 0 Å². The molecular weight excluding hydrogens is 188 g/mol. The van der Waals surface area contributed by atoms with Crippen molar-refractivity contribution in [3.05, 3.63) is 18.1 Å². The van der Waals surface area contributed by atoms with Crippen LogP contribution in [0.25, 0.3) is 0 Å². The zero-order valence-corrected chi connectivity index (χ0v) is 6.59. The zero-order chi connectivity index (χ0) is 9.14. The average Bonchev–Trinajstić information content (AvgIpc) is 2.04. The van der Waals surface area contributed by atoms with E-state index in [1.54, 1.807) is 0 Å². The van der Waals surface area contributed by atoms with Gasteiger partial charge in [-0.05, 0) is 0 Å². The summed E-state index contributed by atoms with van der Waals surface area (Å²) in [4.78, 5) is 6.75. The van der Waals surface area contributed by atoms with Crippen LogP contribution in [0.15, 0.2) is 17.4 Å². The molecule has 4 nitrogen and oxygen atoms in total. The van der Waals surface area contributed by atoms with Crippen molar-refractivity contribution in [2.75, 3.05) is 0 Å². The van der Waals surface area contributed by atoms with Crippen LogP contribution in [-0.4, -0.2) is 14.2 Å². The quantitative estimate of drug-likeness (QED) is 0.738. The number of aromatic nitrogens is 2. The second-order valence-corrected chi connectivity index (χ2v) is 2.83. The van der Waals surface area contributed by atoms with E-state index in [2.05, 4.69) is 9.97 Å². The molecule has 1 aromatic heterocycles. The molecular formula is C5H5F2N3OS. The molecule has 0 radical (unpaired) electrons. The van der Waals surface area contributed by atoms with Crippen LogP contribution in [0, 0.1) is 0 Å². The van der Waals surface area contributed by atoms with E-state index in [9.17, 15) is 13.0 Å². The number of halogens is 2. The van der Waals surface area contributed by atoms with Crippen LogP contribution in [-0.2, 0) is 11.0 Å². The molecule has 1 aromatic rings. The molecule has 0 saturated carbocycles. The monoisotopic (exact) mass is 193 g/mol. The molecule has 0 amide bonds. The van der Waals surface area contributed by atoms with Gasteiger partial charge in [-0.25, -0.2) is 23.1 Å². The van der Waals surface area contributed by atoms with Crippen molar-refractivity contribution in [3.8, 4) is 0 Å². The van der Waals surface area contributed by atoms with Gasteiger partial charge in [0, 0.05) is 12.4 Å². The van der Waals surface area contributed by atoms with Crippen LogP contribution < -0.4 is 5.14 Å². The molecule has 1 unspecified atom stereocenters. The maximum Gasteiger partial charge on any atom is 0.283 e. The van der Waals surface area contributed by atoms with E-state index in [0.29, 0.717) is 0 Å². The highest BCUT2D eigenvalue weighted by Crippen LogP contribution is 2.19. The van der Waals surface area contributed by atoms with Crippen LogP contribution in [0.5, 0.6) is 0 Å². The fourth-order valence-corrected chi connectivity index (χ4v) is 1.15. The number of nitrogens with two attached hydrogens (primary N) is 1. The Kier molecular flexibility index (Phi) is 2.77. The minimum atomic E-state index is -2.80. The van der Waals surface area contributed by atoms with E-state index in [-0.39, 0.29) is 5.03 Å². The minimum Gasteiger partial charge on any atom is -0.251 e. The van der Waals surface area contributed by atoms with E-state index in [1.165, 1.54) is 0 Å². The van der Waals surface area contributed by atoms with E-state index in [4.69, 9.17) is 5.14 Å². The zero-order valence-electron chi connectivity index (χ0n) is 5.78. The molecule has 0 aliphatic rings. The number of hydrogen-bond acceptors (Lipinski definition) is 3. The van der Waals surface area contributed by atoms with Gasteiger partial charge < -0.3 is 0 Å². The summed E-state index contributed by atoms with van der Waals surface area (Å²) in [5.74, 6) is 0. The summed E-state index contributed by atoms with van der Waals surface area (Å²) in [5.41, 5.74) is -0.627. The second kappa shape index (κ2) is 3.63. The first-order valence-corrected chi connectivity index (χ1v) is 4.09. The molecule has 1 atom stereocenters. The molecule has 12 heavy (non-hydrogen) atoms.